The van der Waals surface area contributed by atoms with E-state index in [2.05, 4.69) is 0 Å². The molecule has 3 aliphatic rings. The molecule has 0 saturated carbocycles. The molecule has 0 spiro atoms. The van der Waals surface area contributed by atoms with Gasteiger partial charge in [-0.05, 0) is 30.9 Å². The first-order valence-corrected chi connectivity index (χ1v) is 8.83. The number of carbonyl (C=O) groups is 1. The van der Waals surface area contributed by atoms with Gasteiger partial charge < -0.3 is 23.5 Å². The second-order valence-corrected chi connectivity index (χ2v) is 7.31. The lowest BCUT2D eigenvalue weighted by Gasteiger charge is -2.28. The largest absolute Gasteiger partial charge is 0.459 e. The van der Waals surface area contributed by atoms with E-state index in [1.165, 1.54) is 0 Å². The summed E-state index contributed by atoms with van der Waals surface area (Å²) in [5.74, 6) is 1.33. The first-order chi connectivity index (χ1) is 11.8. The van der Waals surface area contributed by atoms with E-state index in [1.807, 2.05) is 4.90 Å². The summed E-state index contributed by atoms with van der Waals surface area (Å²) in [5.41, 5.74) is -0.0621. The Bertz CT molecular complexity index is 554. The van der Waals surface area contributed by atoms with Crippen molar-refractivity contribution in [2.45, 2.75) is 12.8 Å². The van der Waals surface area contributed by atoms with Crippen LogP contribution in [0.15, 0.2) is 22.8 Å². The third-order valence-corrected chi connectivity index (χ3v) is 5.62. The van der Waals surface area contributed by atoms with Gasteiger partial charge in [-0.1, -0.05) is 0 Å². The monoisotopic (exact) mass is 335 g/mol. The second-order valence-electron chi connectivity index (χ2n) is 7.31. The van der Waals surface area contributed by atoms with Crippen LogP contribution < -0.4 is 0 Å². The van der Waals surface area contributed by atoms with Gasteiger partial charge in [-0.2, -0.15) is 0 Å². The molecule has 3 fully saturated rings. The highest BCUT2D eigenvalue weighted by Crippen LogP contribution is 2.42. The number of rotatable bonds is 5. The zero-order valence-electron chi connectivity index (χ0n) is 13.9. The summed E-state index contributed by atoms with van der Waals surface area (Å²) >= 11 is 0. The highest BCUT2D eigenvalue weighted by molar-refractivity contribution is 5.91. The number of hydrogen-bond acceptors (Lipinski definition) is 5. The van der Waals surface area contributed by atoms with Crippen molar-refractivity contribution in [3.05, 3.63) is 24.2 Å². The molecule has 1 amide bonds. The van der Waals surface area contributed by atoms with E-state index in [9.17, 15) is 4.79 Å². The molecule has 1 aromatic heterocycles. The van der Waals surface area contributed by atoms with Gasteiger partial charge in [-0.25, -0.2) is 0 Å². The maximum absolute atomic E-state index is 12.5. The van der Waals surface area contributed by atoms with Crippen molar-refractivity contribution in [1.29, 1.82) is 0 Å². The Morgan fingerprint density at radius 2 is 2.21 bits per heavy atom. The average molecular weight is 335 g/mol. The summed E-state index contributed by atoms with van der Waals surface area (Å²) in [6.07, 6.45) is 3.70. The van der Waals surface area contributed by atoms with Crippen LogP contribution in [0.5, 0.6) is 0 Å². The first-order valence-electron chi connectivity index (χ1n) is 8.83. The van der Waals surface area contributed by atoms with Gasteiger partial charge in [-0.15, -0.1) is 0 Å². The maximum atomic E-state index is 12.5. The van der Waals surface area contributed by atoms with Gasteiger partial charge in [0.2, 0.25) is 0 Å². The summed E-state index contributed by atoms with van der Waals surface area (Å²) in [6, 6.07) is 3.47. The predicted molar refractivity (Wildman–Crippen MR) is 85.7 cm³/mol. The van der Waals surface area contributed by atoms with Crippen molar-refractivity contribution in [3.63, 3.8) is 0 Å². The van der Waals surface area contributed by atoms with E-state index in [0.717, 1.165) is 39.2 Å². The fraction of sp³-hybridized carbons (Fsp3) is 0.722. The van der Waals surface area contributed by atoms with E-state index >= 15 is 0 Å². The number of ether oxygens (including phenoxy) is 3. The molecular formula is C18H25NO5. The van der Waals surface area contributed by atoms with E-state index in [4.69, 9.17) is 18.6 Å². The molecule has 24 heavy (non-hydrogen) atoms. The molecule has 1 aromatic rings. The molecule has 0 N–H and O–H groups in total. The summed E-state index contributed by atoms with van der Waals surface area (Å²) < 4.78 is 22.5. The van der Waals surface area contributed by atoms with Gasteiger partial charge in [0.05, 0.1) is 26.1 Å². The van der Waals surface area contributed by atoms with Crippen LogP contribution in [0.1, 0.15) is 23.4 Å². The predicted octanol–water partition coefficient (Wildman–Crippen LogP) is 1.81. The Kier molecular flexibility index (Phi) is 4.61. The van der Waals surface area contributed by atoms with Gasteiger partial charge >= 0.3 is 0 Å². The lowest BCUT2D eigenvalue weighted by molar-refractivity contribution is -0.0151. The van der Waals surface area contributed by atoms with Crippen molar-refractivity contribution < 1.29 is 23.4 Å². The first kappa shape index (κ1) is 16.1. The molecule has 0 aromatic carbocycles. The highest BCUT2D eigenvalue weighted by atomic mass is 16.5. The van der Waals surface area contributed by atoms with Crippen molar-refractivity contribution in [1.82, 2.24) is 4.90 Å². The van der Waals surface area contributed by atoms with Crippen LogP contribution in [-0.2, 0) is 14.2 Å². The number of amides is 1. The zero-order valence-corrected chi connectivity index (χ0v) is 13.9. The number of hydrogen-bond donors (Lipinski definition) is 0. The zero-order chi connectivity index (χ0) is 16.4. The normalized spacial score (nSPS) is 30.7. The minimum atomic E-state index is -0.0621. The van der Waals surface area contributed by atoms with Gasteiger partial charge in [0, 0.05) is 44.2 Å². The number of likely N-dealkylation sites (tertiary alicyclic amines) is 1. The van der Waals surface area contributed by atoms with E-state index in [-0.39, 0.29) is 11.3 Å². The number of nitrogens with zero attached hydrogens (tertiary/aromatic N) is 1. The number of furan rings is 1. The average Bonchev–Trinajstić information content (AvgIpc) is 3.31. The molecule has 4 heterocycles. The maximum Gasteiger partial charge on any atom is 0.289 e. The standard InChI is InChI=1S/C18H25NO5/c20-17(16-2-1-5-24-16)19-8-15-10-23-13-18(15,11-19)12-22-9-14-3-6-21-7-4-14/h1-2,5,14-15H,3-4,6-13H2/t15-,18-/m1/s1. The summed E-state index contributed by atoms with van der Waals surface area (Å²) in [4.78, 5) is 14.4. The van der Waals surface area contributed by atoms with Gasteiger partial charge in [0.1, 0.15) is 0 Å². The Hall–Kier alpha value is -1.37. The van der Waals surface area contributed by atoms with Crippen molar-refractivity contribution in [2.75, 3.05) is 52.7 Å². The Balaban J connectivity index is 1.35. The fourth-order valence-electron chi connectivity index (χ4n) is 4.09. The Morgan fingerprint density at radius 3 is 3.00 bits per heavy atom. The van der Waals surface area contributed by atoms with Crippen LogP contribution in [0.4, 0.5) is 0 Å². The molecular weight excluding hydrogens is 310 g/mol. The van der Waals surface area contributed by atoms with Crippen LogP contribution in [0.25, 0.3) is 0 Å². The Morgan fingerprint density at radius 1 is 1.33 bits per heavy atom. The topological polar surface area (TPSA) is 61.1 Å². The summed E-state index contributed by atoms with van der Waals surface area (Å²) in [5, 5.41) is 0. The van der Waals surface area contributed by atoms with Crippen molar-refractivity contribution in [2.24, 2.45) is 17.3 Å². The minimum Gasteiger partial charge on any atom is -0.459 e. The van der Waals surface area contributed by atoms with Crippen LogP contribution in [0, 0.1) is 17.3 Å². The smallest absolute Gasteiger partial charge is 0.289 e. The van der Waals surface area contributed by atoms with Gasteiger partial charge in [-0.3, -0.25) is 4.79 Å². The van der Waals surface area contributed by atoms with Crippen molar-refractivity contribution in [3.8, 4) is 0 Å². The SMILES string of the molecule is O=C(c1ccco1)N1C[C@@H]2COC[C@]2(COCC2CCOCC2)C1. The molecule has 3 saturated heterocycles. The molecule has 0 unspecified atom stereocenters. The van der Waals surface area contributed by atoms with Crippen LogP contribution in [0.3, 0.4) is 0 Å². The molecule has 3 aliphatic heterocycles. The molecule has 132 valence electrons. The van der Waals surface area contributed by atoms with E-state index in [0.29, 0.717) is 44.0 Å². The minimum absolute atomic E-state index is 0.0294. The van der Waals surface area contributed by atoms with Gasteiger partial charge in [0.25, 0.3) is 5.91 Å². The molecule has 0 aliphatic carbocycles. The third kappa shape index (κ3) is 3.10. The quantitative estimate of drug-likeness (QED) is 0.821. The van der Waals surface area contributed by atoms with Crippen molar-refractivity contribution >= 4 is 5.91 Å². The third-order valence-electron chi connectivity index (χ3n) is 5.62. The van der Waals surface area contributed by atoms with Crippen LogP contribution in [-0.4, -0.2) is 63.5 Å². The molecule has 2 atom stereocenters. The van der Waals surface area contributed by atoms with Crippen LogP contribution >= 0.6 is 0 Å². The Labute approximate surface area is 142 Å². The molecule has 6 nitrogen and oxygen atoms in total. The van der Waals surface area contributed by atoms with E-state index < -0.39 is 0 Å². The summed E-state index contributed by atoms with van der Waals surface area (Å²) in [7, 11) is 0. The molecule has 0 bridgehead atoms. The lowest BCUT2D eigenvalue weighted by Crippen LogP contribution is -2.38. The van der Waals surface area contributed by atoms with Gasteiger partial charge in [0.15, 0.2) is 5.76 Å². The number of fused-ring (bicyclic) bond motifs is 1. The lowest BCUT2D eigenvalue weighted by atomic mass is 9.82. The number of carbonyl (C=O) groups excluding carboxylic acids is 1. The molecule has 4 rings (SSSR count). The molecule has 6 heteroatoms. The molecule has 0 radical (unpaired) electrons. The second kappa shape index (κ2) is 6.86. The fourth-order valence-corrected chi connectivity index (χ4v) is 4.09. The summed E-state index contributed by atoms with van der Waals surface area (Å²) in [6.45, 7) is 5.93. The van der Waals surface area contributed by atoms with E-state index in [1.54, 1.807) is 18.4 Å². The highest BCUT2D eigenvalue weighted by Gasteiger charge is 2.52. The van der Waals surface area contributed by atoms with Crippen LogP contribution in [0.2, 0.25) is 0 Å².